The van der Waals surface area contributed by atoms with Crippen LogP contribution < -0.4 is 4.74 Å². The van der Waals surface area contributed by atoms with Gasteiger partial charge < -0.3 is 4.74 Å². The largest absolute Gasteiger partial charge is 0.496 e. The number of methoxy groups -OCH3 is 1. The molecule has 1 aliphatic carbocycles. The number of fused-ring (bicyclic) bond motifs is 1. The molecule has 5 nitrogen and oxygen atoms in total. The van der Waals surface area contributed by atoms with E-state index in [1.54, 1.807) is 13.2 Å². The SMILES string of the molecule is CCC(COS(C)(=O)=O)C(=O)c1ccc(OC)c2c1CCCC2. The monoisotopic (exact) mass is 340 g/mol. The third-order valence-electron chi connectivity index (χ3n) is 4.32. The fourth-order valence-corrected chi connectivity index (χ4v) is 3.47. The Morgan fingerprint density at radius 1 is 1.22 bits per heavy atom. The Morgan fingerprint density at radius 2 is 1.87 bits per heavy atom. The number of ketones is 1. The highest BCUT2D eigenvalue weighted by Gasteiger charge is 2.26. The van der Waals surface area contributed by atoms with Crippen LogP contribution in [0.2, 0.25) is 0 Å². The predicted molar refractivity (Wildman–Crippen MR) is 88.5 cm³/mol. The van der Waals surface area contributed by atoms with Gasteiger partial charge in [-0.25, -0.2) is 0 Å². The molecule has 0 spiro atoms. The molecule has 1 aliphatic rings. The van der Waals surface area contributed by atoms with Crippen LogP contribution in [0, 0.1) is 5.92 Å². The molecule has 1 aromatic rings. The van der Waals surface area contributed by atoms with E-state index in [0.29, 0.717) is 12.0 Å². The van der Waals surface area contributed by atoms with Crippen LogP contribution in [0.15, 0.2) is 12.1 Å². The smallest absolute Gasteiger partial charge is 0.264 e. The van der Waals surface area contributed by atoms with E-state index in [4.69, 9.17) is 8.92 Å². The Labute approximate surface area is 138 Å². The molecule has 0 bridgehead atoms. The number of benzene rings is 1. The summed E-state index contributed by atoms with van der Waals surface area (Å²) in [5.74, 6) is 0.331. The summed E-state index contributed by atoms with van der Waals surface area (Å²) in [4.78, 5) is 12.8. The number of hydrogen-bond donors (Lipinski definition) is 0. The van der Waals surface area contributed by atoms with Gasteiger partial charge in [-0.3, -0.25) is 8.98 Å². The lowest BCUT2D eigenvalue weighted by Crippen LogP contribution is -2.24. The Bertz CT molecular complexity index is 678. The van der Waals surface area contributed by atoms with Gasteiger partial charge >= 0.3 is 0 Å². The van der Waals surface area contributed by atoms with Crippen molar-refractivity contribution in [2.24, 2.45) is 5.92 Å². The number of carbonyl (C=O) groups is 1. The number of ether oxygens (including phenoxy) is 1. The van der Waals surface area contributed by atoms with Crippen LogP contribution in [-0.4, -0.2) is 34.2 Å². The normalized spacial score (nSPS) is 15.8. The van der Waals surface area contributed by atoms with Gasteiger partial charge in [0.25, 0.3) is 10.1 Å². The first kappa shape index (κ1) is 17.9. The van der Waals surface area contributed by atoms with E-state index in [0.717, 1.165) is 48.8 Å². The summed E-state index contributed by atoms with van der Waals surface area (Å²) in [7, 11) is -1.91. The number of Topliss-reactive ketones (excluding diaryl/α,β-unsaturated/α-hetero) is 1. The second kappa shape index (κ2) is 7.45. The molecule has 1 aromatic carbocycles. The van der Waals surface area contributed by atoms with Crippen molar-refractivity contribution in [2.75, 3.05) is 20.0 Å². The summed E-state index contributed by atoms with van der Waals surface area (Å²) in [6.07, 6.45) is 5.45. The Balaban J connectivity index is 2.31. The Hall–Kier alpha value is -1.40. The van der Waals surface area contributed by atoms with Crippen molar-refractivity contribution in [3.8, 4) is 5.75 Å². The third-order valence-corrected chi connectivity index (χ3v) is 4.89. The molecule has 23 heavy (non-hydrogen) atoms. The van der Waals surface area contributed by atoms with Gasteiger partial charge in [0.15, 0.2) is 5.78 Å². The van der Waals surface area contributed by atoms with Crippen LogP contribution in [0.1, 0.15) is 47.7 Å². The summed E-state index contributed by atoms with van der Waals surface area (Å²) >= 11 is 0. The number of hydrogen-bond acceptors (Lipinski definition) is 5. The zero-order valence-electron chi connectivity index (χ0n) is 13.9. The van der Waals surface area contributed by atoms with E-state index in [1.165, 1.54) is 0 Å². The highest BCUT2D eigenvalue weighted by Crippen LogP contribution is 2.33. The van der Waals surface area contributed by atoms with Crippen molar-refractivity contribution in [2.45, 2.75) is 39.0 Å². The van der Waals surface area contributed by atoms with Gasteiger partial charge in [-0.2, -0.15) is 8.42 Å². The van der Waals surface area contributed by atoms with Gasteiger partial charge in [0.05, 0.1) is 20.0 Å². The summed E-state index contributed by atoms with van der Waals surface area (Å²) in [5, 5.41) is 0. The molecule has 0 aliphatic heterocycles. The van der Waals surface area contributed by atoms with Crippen molar-refractivity contribution in [1.29, 1.82) is 0 Å². The first-order valence-corrected chi connectivity index (χ1v) is 9.76. The van der Waals surface area contributed by atoms with E-state index in [2.05, 4.69) is 0 Å². The predicted octanol–water partition coefficient (Wildman–Crippen LogP) is 2.76. The molecule has 0 N–H and O–H groups in total. The van der Waals surface area contributed by atoms with Crippen LogP contribution in [-0.2, 0) is 27.1 Å². The first-order valence-electron chi connectivity index (χ1n) is 7.94. The van der Waals surface area contributed by atoms with Gasteiger partial charge in [0, 0.05) is 11.5 Å². The Kier molecular flexibility index (Phi) is 5.81. The van der Waals surface area contributed by atoms with Crippen LogP contribution in [0.3, 0.4) is 0 Å². The number of carbonyl (C=O) groups excluding carboxylic acids is 1. The average Bonchev–Trinajstić information content (AvgIpc) is 2.53. The highest BCUT2D eigenvalue weighted by atomic mass is 32.2. The van der Waals surface area contributed by atoms with Crippen molar-refractivity contribution in [1.82, 2.24) is 0 Å². The summed E-state index contributed by atoms with van der Waals surface area (Å²) in [6, 6.07) is 3.63. The molecule has 0 saturated heterocycles. The molecule has 128 valence electrons. The molecule has 2 rings (SSSR count). The van der Waals surface area contributed by atoms with E-state index in [1.807, 2.05) is 13.0 Å². The van der Waals surface area contributed by atoms with Gasteiger partial charge in [-0.05, 0) is 55.4 Å². The standard InChI is InChI=1S/C17H24O5S/c1-4-12(11-22-23(3,19)20)17(18)15-9-10-16(21-2)14-8-6-5-7-13(14)15/h9-10,12H,4-8,11H2,1-3H3. The molecular formula is C17H24O5S. The maximum Gasteiger partial charge on any atom is 0.264 e. The molecule has 0 aromatic heterocycles. The topological polar surface area (TPSA) is 69.7 Å². The Morgan fingerprint density at radius 3 is 2.43 bits per heavy atom. The number of rotatable bonds is 7. The summed E-state index contributed by atoms with van der Waals surface area (Å²) < 4.78 is 32.6. The maximum atomic E-state index is 12.8. The minimum absolute atomic E-state index is 0.0445. The quantitative estimate of drug-likeness (QED) is 0.564. The lowest BCUT2D eigenvalue weighted by atomic mass is 9.83. The second-order valence-corrected chi connectivity index (χ2v) is 7.58. The molecule has 0 fully saturated rings. The van der Waals surface area contributed by atoms with Crippen molar-refractivity contribution < 1.29 is 22.1 Å². The van der Waals surface area contributed by atoms with Gasteiger partial charge in [-0.15, -0.1) is 0 Å². The van der Waals surface area contributed by atoms with Crippen molar-refractivity contribution >= 4 is 15.9 Å². The second-order valence-electron chi connectivity index (χ2n) is 5.94. The molecular weight excluding hydrogens is 316 g/mol. The minimum Gasteiger partial charge on any atom is -0.496 e. The molecule has 0 heterocycles. The fraction of sp³-hybridized carbons (Fsp3) is 0.588. The van der Waals surface area contributed by atoms with Gasteiger partial charge in [0.1, 0.15) is 5.75 Å². The molecule has 6 heteroatoms. The molecule has 0 radical (unpaired) electrons. The molecule has 0 amide bonds. The van der Waals surface area contributed by atoms with E-state index in [9.17, 15) is 13.2 Å². The van der Waals surface area contributed by atoms with Crippen LogP contribution >= 0.6 is 0 Å². The van der Waals surface area contributed by atoms with Crippen molar-refractivity contribution in [3.05, 3.63) is 28.8 Å². The summed E-state index contributed by atoms with van der Waals surface area (Å²) in [6.45, 7) is 1.76. The zero-order chi connectivity index (χ0) is 17.0. The van der Waals surface area contributed by atoms with Crippen LogP contribution in [0.25, 0.3) is 0 Å². The van der Waals surface area contributed by atoms with Gasteiger partial charge in [-0.1, -0.05) is 6.92 Å². The van der Waals surface area contributed by atoms with Crippen LogP contribution in [0.5, 0.6) is 5.75 Å². The zero-order valence-corrected chi connectivity index (χ0v) is 14.7. The van der Waals surface area contributed by atoms with Crippen molar-refractivity contribution in [3.63, 3.8) is 0 Å². The van der Waals surface area contributed by atoms with E-state index >= 15 is 0 Å². The van der Waals surface area contributed by atoms with E-state index < -0.39 is 16.0 Å². The lowest BCUT2D eigenvalue weighted by molar-refractivity contribution is 0.0873. The third kappa shape index (κ3) is 4.32. The molecule has 0 saturated carbocycles. The van der Waals surface area contributed by atoms with E-state index in [-0.39, 0.29) is 12.4 Å². The van der Waals surface area contributed by atoms with Crippen LogP contribution in [0.4, 0.5) is 0 Å². The molecule has 1 unspecified atom stereocenters. The maximum absolute atomic E-state index is 12.8. The molecule has 1 atom stereocenters. The average molecular weight is 340 g/mol. The minimum atomic E-state index is -3.55. The van der Waals surface area contributed by atoms with Gasteiger partial charge in [0.2, 0.25) is 0 Å². The first-order chi connectivity index (χ1) is 10.9. The summed E-state index contributed by atoms with van der Waals surface area (Å²) in [5.41, 5.74) is 2.85. The highest BCUT2D eigenvalue weighted by molar-refractivity contribution is 7.85. The fourth-order valence-electron chi connectivity index (χ4n) is 3.06. The lowest BCUT2D eigenvalue weighted by Gasteiger charge is -2.23.